The fourth-order valence-electron chi connectivity index (χ4n) is 3.72. The molecular formula is C25H15BrClF4NO3. The number of benzene rings is 3. The molecule has 10 heteroatoms. The molecule has 0 radical (unpaired) electrons. The molecule has 3 aromatic carbocycles. The van der Waals surface area contributed by atoms with Gasteiger partial charge in [-0.25, -0.2) is 9.18 Å². The Morgan fingerprint density at radius 3 is 2.54 bits per heavy atom. The van der Waals surface area contributed by atoms with E-state index in [0.29, 0.717) is 37.6 Å². The van der Waals surface area contributed by atoms with Crippen LogP contribution in [0.2, 0.25) is 5.02 Å². The number of hydrogen-bond acceptors (Lipinski definition) is 3. The van der Waals surface area contributed by atoms with E-state index in [-0.39, 0.29) is 11.1 Å². The molecule has 4 rings (SSSR count). The van der Waals surface area contributed by atoms with Crippen LogP contribution in [0, 0.1) is 12.7 Å². The molecular weight excluding hydrogens is 554 g/mol. The van der Waals surface area contributed by atoms with E-state index >= 15 is 0 Å². The van der Waals surface area contributed by atoms with Crippen LogP contribution in [0.4, 0.5) is 23.2 Å². The highest BCUT2D eigenvalue weighted by atomic mass is 79.9. The zero-order valence-electron chi connectivity index (χ0n) is 17.9. The van der Waals surface area contributed by atoms with E-state index in [2.05, 4.69) is 21.2 Å². The molecule has 1 heterocycles. The molecule has 0 bridgehead atoms. The molecule has 0 saturated heterocycles. The number of carbonyl (C=O) groups is 1. The average molecular weight is 569 g/mol. The van der Waals surface area contributed by atoms with Crippen LogP contribution in [0.3, 0.4) is 0 Å². The summed E-state index contributed by atoms with van der Waals surface area (Å²) >= 11 is 9.57. The third-order valence-electron chi connectivity index (χ3n) is 5.29. The predicted octanol–water partition coefficient (Wildman–Crippen LogP) is 7.52. The Bertz CT molecular complexity index is 1530. The van der Waals surface area contributed by atoms with E-state index in [0.717, 1.165) is 12.1 Å². The number of anilines is 1. The minimum atomic E-state index is -4.90. The van der Waals surface area contributed by atoms with Gasteiger partial charge in [-0.3, -0.25) is 4.79 Å². The topological polar surface area (TPSA) is 59.3 Å². The first kappa shape index (κ1) is 24.9. The van der Waals surface area contributed by atoms with Crippen molar-refractivity contribution < 1.29 is 26.8 Å². The van der Waals surface area contributed by atoms with Gasteiger partial charge in [-0.15, -0.1) is 0 Å². The normalized spacial score (nSPS) is 11.6. The van der Waals surface area contributed by atoms with Crippen molar-refractivity contribution >= 4 is 50.1 Å². The number of alkyl halides is 3. The van der Waals surface area contributed by atoms with Crippen LogP contribution in [0.1, 0.15) is 16.7 Å². The smallest absolute Gasteiger partial charge is 0.418 e. The number of rotatable bonds is 4. The van der Waals surface area contributed by atoms with Gasteiger partial charge >= 0.3 is 11.8 Å². The minimum absolute atomic E-state index is 0.0505. The van der Waals surface area contributed by atoms with Gasteiger partial charge in [0.2, 0.25) is 5.91 Å². The first-order valence-electron chi connectivity index (χ1n) is 10.1. The van der Waals surface area contributed by atoms with E-state index < -0.39 is 41.2 Å². The molecule has 0 spiro atoms. The van der Waals surface area contributed by atoms with E-state index in [1.165, 1.54) is 6.07 Å². The molecule has 0 atom stereocenters. The number of halogens is 6. The number of fused-ring (bicyclic) bond motifs is 1. The van der Waals surface area contributed by atoms with E-state index in [1.807, 2.05) is 0 Å². The van der Waals surface area contributed by atoms with Crippen molar-refractivity contribution in [3.63, 3.8) is 0 Å². The lowest BCUT2D eigenvalue weighted by Crippen LogP contribution is -2.22. The lowest BCUT2D eigenvalue weighted by atomic mass is 9.94. The van der Waals surface area contributed by atoms with E-state index in [1.54, 1.807) is 37.3 Å². The summed E-state index contributed by atoms with van der Waals surface area (Å²) in [6, 6.07) is 12.1. The average Bonchev–Trinajstić information content (AvgIpc) is 2.76. The summed E-state index contributed by atoms with van der Waals surface area (Å²) in [5, 5.41) is 3.02. The van der Waals surface area contributed by atoms with E-state index in [9.17, 15) is 27.2 Å². The maximum atomic E-state index is 13.4. The Morgan fingerprint density at radius 2 is 1.86 bits per heavy atom. The van der Waals surface area contributed by atoms with Crippen LogP contribution >= 0.6 is 27.5 Å². The number of aryl methyl sites for hydroxylation is 1. The summed E-state index contributed by atoms with van der Waals surface area (Å²) in [6.07, 6.45) is -5.48. The SMILES string of the molecule is Cc1cc2c(-c3cccc(Br)c3)c(CC(=O)Nc3ccc(F)cc3C(F)(F)F)c(=O)oc2cc1Cl. The summed E-state index contributed by atoms with van der Waals surface area (Å²) in [7, 11) is 0. The predicted molar refractivity (Wildman–Crippen MR) is 129 cm³/mol. The van der Waals surface area contributed by atoms with Crippen LogP contribution in [0.5, 0.6) is 0 Å². The van der Waals surface area contributed by atoms with Gasteiger partial charge in [0.25, 0.3) is 0 Å². The fraction of sp³-hybridized carbons (Fsp3) is 0.120. The second-order valence-corrected chi connectivity index (χ2v) is 9.09. The molecule has 0 aliphatic heterocycles. The molecule has 1 aromatic heterocycles. The monoisotopic (exact) mass is 567 g/mol. The van der Waals surface area contributed by atoms with Crippen molar-refractivity contribution in [3.8, 4) is 11.1 Å². The fourth-order valence-corrected chi connectivity index (χ4v) is 4.27. The molecule has 1 N–H and O–H groups in total. The summed E-state index contributed by atoms with van der Waals surface area (Å²) in [5.74, 6) is -2.01. The molecule has 0 fully saturated rings. The van der Waals surface area contributed by atoms with Crippen molar-refractivity contribution in [3.05, 3.63) is 97.0 Å². The molecule has 0 aliphatic rings. The maximum absolute atomic E-state index is 13.4. The lowest BCUT2D eigenvalue weighted by molar-refractivity contribution is -0.137. The van der Waals surface area contributed by atoms with Crippen molar-refractivity contribution in [2.45, 2.75) is 19.5 Å². The Morgan fingerprint density at radius 1 is 1.11 bits per heavy atom. The van der Waals surface area contributed by atoms with Crippen molar-refractivity contribution in [1.82, 2.24) is 0 Å². The molecule has 1 amide bonds. The molecule has 180 valence electrons. The van der Waals surface area contributed by atoms with Gasteiger partial charge in [-0.2, -0.15) is 13.2 Å². The van der Waals surface area contributed by atoms with Crippen LogP contribution in [-0.2, 0) is 17.4 Å². The molecule has 35 heavy (non-hydrogen) atoms. The van der Waals surface area contributed by atoms with Crippen LogP contribution in [0.25, 0.3) is 22.1 Å². The van der Waals surface area contributed by atoms with Crippen LogP contribution in [-0.4, -0.2) is 5.91 Å². The molecule has 0 saturated carbocycles. The second-order valence-electron chi connectivity index (χ2n) is 7.76. The Kier molecular flexibility index (Phi) is 6.75. The van der Waals surface area contributed by atoms with Crippen LogP contribution < -0.4 is 10.9 Å². The summed E-state index contributed by atoms with van der Waals surface area (Å²) in [4.78, 5) is 25.8. The minimum Gasteiger partial charge on any atom is -0.422 e. The number of nitrogens with one attached hydrogen (secondary N) is 1. The lowest BCUT2D eigenvalue weighted by Gasteiger charge is -2.16. The zero-order chi connectivity index (χ0) is 25.5. The highest BCUT2D eigenvalue weighted by Crippen LogP contribution is 2.37. The standard InChI is InChI=1S/C25H15BrClF4NO3/c1-12-7-16-21(11-19(12)27)35-24(34)17(23(16)13-3-2-4-14(26)8-13)10-22(33)32-20-6-5-15(28)9-18(20)25(29,30)31/h2-9,11H,10H2,1H3,(H,32,33). The van der Waals surface area contributed by atoms with Crippen molar-refractivity contribution in [2.75, 3.05) is 5.32 Å². The summed E-state index contributed by atoms with van der Waals surface area (Å²) < 4.78 is 59.5. The Labute approximate surface area is 209 Å². The maximum Gasteiger partial charge on any atom is 0.418 e. The van der Waals surface area contributed by atoms with Gasteiger partial charge in [-0.05, 0) is 54.4 Å². The van der Waals surface area contributed by atoms with Gasteiger partial charge in [0.05, 0.1) is 23.2 Å². The molecule has 4 nitrogen and oxygen atoms in total. The Hall–Kier alpha value is -3.17. The third kappa shape index (κ3) is 5.26. The van der Waals surface area contributed by atoms with Crippen LogP contribution in [0.15, 0.2) is 68.3 Å². The quantitative estimate of drug-likeness (QED) is 0.205. The number of hydrogen-bond donors (Lipinski definition) is 1. The Balaban J connectivity index is 1.84. The summed E-state index contributed by atoms with van der Waals surface area (Å²) in [6.45, 7) is 1.76. The second kappa shape index (κ2) is 9.47. The highest BCUT2D eigenvalue weighted by molar-refractivity contribution is 9.10. The summed E-state index contributed by atoms with van der Waals surface area (Å²) in [5.41, 5.74) is -0.983. The first-order valence-corrected chi connectivity index (χ1v) is 11.3. The van der Waals surface area contributed by atoms with Gasteiger partial charge in [-0.1, -0.05) is 39.7 Å². The van der Waals surface area contributed by atoms with Gasteiger partial charge in [0, 0.05) is 26.5 Å². The van der Waals surface area contributed by atoms with Gasteiger partial charge < -0.3 is 9.73 Å². The van der Waals surface area contributed by atoms with Gasteiger partial charge in [0.1, 0.15) is 11.4 Å². The number of carbonyl (C=O) groups excluding carboxylic acids is 1. The first-order chi connectivity index (χ1) is 16.4. The van der Waals surface area contributed by atoms with Crippen molar-refractivity contribution in [2.24, 2.45) is 0 Å². The zero-order valence-corrected chi connectivity index (χ0v) is 20.2. The largest absolute Gasteiger partial charge is 0.422 e. The van der Waals surface area contributed by atoms with Gasteiger partial charge in [0.15, 0.2) is 0 Å². The third-order valence-corrected chi connectivity index (χ3v) is 6.19. The highest BCUT2D eigenvalue weighted by Gasteiger charge is 2.34. The van der Waals surface area contributed by atoms with Crippen molar-refractivity contribution in [1.29, 1.82) is 0 Å². The molecule has 4 aromatic rings. The molecule has 0 aliphatic carbocycles. The van der Waals surface area contributed by atoms with E-state index in [4.69, 9.17) is 16.0 Å². The number of amides is 1. The molecule has 0 unspecified atom stereocenters.